The minimum Gasteiger partial charge on any atom is -0.390 e. The summed E-state index contributed by atoms with van der Waals surface area (Å²) in [6.45, 7) is 3.83. The Morgan fingerprint density at radius 2 is 1.97 bits per heavy atom. The first-order chi connectivity index (χ1) is 15.4. The smallest absolute Gasteiger partial charge is 0.255 e. The first-order valence-electron chi connectivity index (χ1n) is 10.7. The highest BCUT2D eigenvalue weighted by atomic mass is 35.5. The Kier molecular flexibility index (Phi) is 6.02. The number of halogens is 2. The van der Waals surface area contributed by atoms with Crippen molar-refractivity contribution in [3.8, 4) is 6.07 Å². The molecule has 2 saturated carbocycles. The SMILES string of the molecule is C[C@H]1CC2CC(S(=O)(=O)c3cc(C(=O)Nc4ccc(F)c(C#N)c4)ccc3Cl)CC1[C@]2(C)O. The molecule has 9 heteroatoms. The summed E-state index contributed by atoms with van der Waals surface area (Å²) in [6.07, 6.45) is 1.46. The maximum atomic E-state index is 13.5. The molecule has 2 fully saturated rings. The minimum atomic E-state index is -3.85. The van der Waals surface area contributed by atoms with Crippen LogP contribution in [-0.4, -0.2) is 30.3 Å². The fourth-order valence-electron chi connectivity index (χ4n) is 5.42. The standard InChI is InChI=1S/C24H24ClFN2O4S/c1-13-7-16-10-18(11-19(13)24(16,2)30)33(31,32)22-9-14(3-5-20(22)25)23(29)28-17-4-6-21(26)15(8-17)12-27/h3-6,8-9,13,16,18-19,30H,7,10-11H2,1-2H3,(H,28,29)/t13-,16?,18?,19?,24+/m0/s1. The Labute approximate surface area is 197 Å². The number of carbonyl (C=O) groups excluding carboxylic acids is 1. The molecule has 0 aromatic heterocycles. The average molecular weight is 491 g/mol. The van der Waals surface area contributed by atoms with Crippen molar-refractivity contribution in [3.63, 3.8) is 0 Å². The summed E-state index contributed by atoms with van der Waals surface area (Å²) in [5.41, 5.74) is -0.824. The normalized spacial score (nSPS) is 28.8. The van der Waals surface area contributed by atoms with Gasteiger partial charge in [-0.3, -0.25) is 4.79 Å². The molecule has 5 atom stereocenters. The van der Waals surface area contributed by atoms with Crippen LogP contribution >= 0.6 is 11.6 Å². The predicted octanol–water partition coefficient (Wildman–Crippen LogP) is 4.56. The highest BCUT2D eigenvalue weighted by Crippen LogP contribution is 2.54. The summed E-state index contributed by atoms with van der Waals surface area (Å²) in [4.78, 5) is 12.6. The van der Waals surface area contributed by atoms with E-state index in [0.29, 0.717) is 12.8 Å². The van der Waals surface area contributed by atoms with Gasteiger partial charge in [0.2, 0.25) is 0 Å². The second-order valence-corrected chi connectivity index (χ2v) is 11.9. The van der Waals surface area contributed by atoms with Gasteiger partial charge in [0.1, 0.15) is 11.9 Å². The van der Waals surface area contributed by atoms with Crippen molar-refractivity contribution in [2.75, 3.05) is 5.32 Å². The number of nitrogens with one attached hydrogen (secondary N) is 1. The highest BCUT2D eigenvalue weighted by molar-refractivity contribution is 7.92. The molecule has 0 saturated heterocycles. The molecule has 6 nitrogen and oxygen atoms in total. The lowest BCUT2D eigenvalue weighted by Crippen LogP contribution is -2.46. The van der Waals surface area contributed by atoms with Gasteiger partial charge in [0.05, 0.1) is 26.3 Å². The van der Waals surface area contributed by atoms with E-state index in [2.05, 4.69) is 5.32 Å². The number of carbonyl (C=O) groups is 1. The summed E-state index contributed by atoms with van der Waals surface area (Å²) in [5, 5.41) is 21.7. The predicted molar refractivity (Wildman–Crippen MR) is 122 cm³/mol. The Hall–Kier alpha value is -2.47. The van der Waals surface area contributed by atoms with Gasteiger partial charge in [-0.15, -0.1) is 0 Å². The Morgan fingerprint density at radius 1 is 1.24 bits per heavy atom. The van der Waals surface area contributed by atoms with Crippen molar-refractivity contribution in [2.24, 2.45) is 17.8 Å². The van der Waals surface area contributed by atoms with Crippen LogP contribution in [-0.2, 0) is 9.84 Å². The largest absolute Gasteiger partial charge is 0.390 e. The quantitative estimate of drug-likeness (QED) is 0.653. The Balaban J connectivity index is 1.61. The van der Waals surface area contributed by atoms with Crippen LogP contribution < -0.4 is 5.32 Å². The van der Waals surface area contributed by atoms with Crippen LogP contribution in [0.5, 0.6) is 0 Å². The summed E-state index contributed by atoms with van der Waals surface area (Å²) in [6, 6.07) is 9.30. The van der Waals surface area contributed by atoms with Crippen LogP contribution in [0.4, 0.5) is 10.1 Å². The molecule has 174 valence electrons. The third-order valence-electron chi connectivity index (χ3n) is 7.27. The van der Waals surface area contributed by atoms with Gasteiger partial charge in [-0.2, -0.15) is 5.26 Å². The average Bonchev–Trinajstić information content (AvgIpc) is 2.88. The molecule has 0 spiro atoms. The van der Waals surface area contributed by atoms with Crippen molar-refractivity contribution in [2.45, 2.75) is 48.9 Å². The first kappa shape index (κ1) is 23.7. The van der Waals surface area contributed by atoms with Crippen molar-refractivity contribution < 1.29 is 22.7 Å². The second-order valence-electron chi connectivity index (χ2n) is 9.29. The van der Waals surface area contributed by atoms with Crippen molar-refractivity contribution in [3.05, 3.63) is 58.4 Å². The summed E-state index contributed by atoms with van der Waals surface area (Å²) in [5.74, 6) is -1.31. The van der Waals surface area contributed by atoms with Crippen LogP contribution in [0.3, 0.4) is 0 Å². The number of rotatable bonds is 4. The zero-order chi connectivity index (χ0) is 24.1. The number of sulfone groups is 1. The van der Waals surface area contributed by atoms with Crippen molar-refractivity contribution >= 4 is 33.0 Å². The molecule has 33 heavy (non-hydrogen) atoms. The van der Waals surface area contributed by atoms with Gasteiger partial charge in [-0.1, -0.05) is 18.5 Å². The van der Waals surface area contributed by atoms with Crippen molar-refractivity contribution in [1.82, 2.24) is 0 Å². The molecule has 3 unspecified atom stereocenters. The highest BCUT2D eigenvalue weighted by Gasteiger charge is 2.56. The lowest BCUT2D eigenvalue weighted by Gasteiger charge is -2.40. The van der Waals surface area contributed by atoms with Crippen molar-refractivity contribution in [1.29, 1.82) is 5.26 Å². The van der Waals surface area contributed by atoms with E-state index in [0.717, 1.165) is 12.5 Å². The van der Waals surface area contributed by atoms with Crippen LogP contribution in [0.15, 0.2) is 41.3 Å². The fourth-order valence-corrected chi connectivity index (χ4v) is 7.80. The number of nitrogens with zero attached hydrogens (tertiary/aromatic N) is 1. The van der Waals surface area contributed by atoms with Gasteiger partial charge in [0, 0.05) is 11.3 Å². The number of anilines is 1. The summed E-state index contributed by atoms with van der Waals surface area (Å²) in [7, 11) is -3.85. The zero-order valence-corrected chi connectivity index (χ0v) is 19.8. The first-order valence-corrected chi connectivity index (χ1v) is 12.6. The molecule has 1 amide bonds. The molecular weight excluding hydrogens is 467 g/mol. The maximum absolute atomic E-state index is 13.5. The van der Waals surface area contributed by atoms with E-state index in [1.54, 1.807) is 13.0 Å². The number of benzene rings is 2. The Bertz CT molecular complexity index is 1270. The molecule has 2 aliphatic rings. The van der Waals surface area contributed by atoms with Gasteiger partial charge in [0.25, 0.3) is 5.91 Å². The van der Waals surface area contributed by atoms with Gasteiger partial charge in [0.15, 0.2) is 9.84 Å². The third-order valence-corrected chi connectivity index (χ3v) is 9.92. The molecule has 0 aliphatic heterocycles. The monoisotopic (exact) mass is 490 g/mol. The molecular formula is C24H24ClFN2O4S. The van der Waals surface area contributed by atoms with E-state index in [1.807, 2.05) is 6.92 Å². The molecule has 2 N–H and O–H groups in total. The maximum Gasteiger partial charge on any atom is 0.255 e. The van der Waals surface area contributed by atoms with E-state index >= 15 is 0 Å². The van der Waals surface area contributed by atoms with Crippen LogP contribution in [0.2, 0.25) is 5.02 Å². The number of aliphatic hydroxyl groups is 1. The molecule has 2 aliphatic carbocycles. The van der Waals surface area contributed by atoms with Gasteiger partial charge in [-0.05, 0) is 80.3 Å². The molecule has 2 aromatic rings. The van der Waals surface area contributed by atoms with E-state index in [4.69, 9.17) is 16.9 Å². The summed E-state index contributed by atoms with van der Waals surface area (Å²) < 4.78 is 40.6. The molecule has 2 bridgehead atoms. The Morgan fingerprint density at radius 3 is 2.64 bits per heavy atom. The van der Waals surface area contributed by atoms with E-state index in [9.17, 15) is 22.7 Å². The van der Waals surface area contributed by atoms with E-state index < -0.39 is 32.4 Å². The van der Waals surface area contributed by atoms with Crippen LogP contribution in [0.25, 0.3) is 0 Å². The number of fused-ring (bicyclic) bond motifs is 2. The molecule has 2 aromatic carbocycles. The lowest BCUT2D eigenvalue weighted by atomic mass is 9.74. The van der Waals surface area contributed by atoms with Crippen LogP contribution in [0.1, 0.15) is 49.0 Å². The van der Waals surface area contributed by atoms with E-state index in [-0.39, 0.29) is 44.5 Å². The van der Waals surface area contributed by atoms with Crippen LogP contribution in [0, 0.1) is 34.9 Å². The minimum absolute atomic E-state index is 0.0258. The zero-order valence-electron chi connectivity index (χ0n) is 18.2. The number of nitriles is 1. The second kappa shape index (κ2) is 8.39. The molecule has 4 rings (SSSR count). The number of amides is 1. The third kappa shape index (κ3) is 4.14. The van der Waals surface area contributed by atoms with Gasteiger partial charge >= 0.3 is 0 Å². The fraction of sp³-hybridized carbons (Fsp3) is 0.417. The van der Waals surface area contributed by atoms with Gasteiger partial charge in [-0.25, -0.2) is 12.8 Å². The van der Waals surface area contributed by atoms with Gasteiger partial charge < -0.3 is 10.4 Å². The summed E-state index contributed by atoms with van der Waals surface area (Å²) >= 11 is 6.26. The number of hydrogen-bond donors (Lipinski definition) is 2. The number of hydrogen-bond acceptors (Lipinski definition) is 5. The van der Waals surface area contributed by atoms with E-state index in [1.165, 1.54) is 30.3 Å². The molecule has 0 radical (unpaired) electrons. The molecule has 0 heterocycles. The lowest BCUT2D eigenvalue weighted by molar-refractivity contribution is -0.0466. The topological polar surface area (TPSA) is 107 Å².